The van der Waals surface area contributed by atoms with Gasteiger partial charge in [-0.15, -0.1) is 0 Å². The Kier molecular flexibility index (Phi) is 6.35. The minimum Gasteiger partial charge on any atom is -0.481 e. The number of fused-ring (bicyclic) bond motifs is 1. The van der Waals surface area contributed by atoms with Crippen LogP contribution in [0.2, 0.25) is 0 Å². The first-order valence-corrected chi connectivity index (χ1v) is 11.2. The molecule has 7 atom stereocenters. The van der Waals surface area contributed by atoms with Gasteiger partial charge in [-0.2, -0.15) is 0 Å². The van der Waals surface area contributed by atoms with Crippen LogP contribution in [0, 0.1) is 34.5 Å². The number of esters is 2. The van der Waals surface area contributed by atoms with Crippen molar-refractivity contribution in [3.63, 3.8) is 0 Å². The standard InChI is InChI=1S/C24H36O6/c1-14-6-7-19-21(22(27)28)20(9-11-23(14,19)4)24(5)10-8-18(30-16(3)26)12-17(24)13-29-15(2)25/h17-21H,1,6-13H2,2-5H3,(H,27,28)/t17-,18+,19+,20+,21+,23-,24+/m1/s1. The van der Waals surface area contributed by atoms with E-state index < -0.39 is 11.9 Å². The van der Waals surface area contributed by atoms with Crippen LogP contribution in [-0.4, -0.2) is 35.7 Å². The number of aliphatic carboxylic acids is 1. The highest BCUT2D eigenvalue weighted by Crippen LogP contribution is 2.63. The van der Waals surface area contributed by atoms with E-state index in [1.807, 2.05) is 0 Å². The molecular formula is C24H36O6. The van der Waals surface area contributed by atoms with E-state index >= 15 is 0 Å². The van der Waals surface area contributed by atoms with Crippen molar-refractivity contribution in [2.75, 3.05) is 6.61 Å². The first kappa shape index (κ1) is 22.8. The van der Waals surface area contributed by atoms with Gasteiger partial charge in [0.05, 0.1) is 12.5 Å². The second-order valence-electron chi connectivity index (χ2n) is 10.2. The Morgan fingerprint density at radius 1 is 1.07 bits per heavy atom. The zero-order chi connectivity index (χ0) is 22.3. The van der Waals surface area contributed by atoms with Gasteiger partial charge in [0.2, 0.25) is 0 Å². The molecule has 0 bridgehead atoms. The largest absolute Gasteiger partial charge is 0.481 e. The van der Waals surface area contributed by atoms with Crippen LogP contribution in [0.5, 0.6) is 0 Å². The molecule has 0 heterocycles. The lowest BCUT2D eigenvalue weighted by atomic mass is 9.49. The molecule has 168 valence electrons. The number of carboxylic acids is 1. The molecule has 1 N–H and O–H groups in total. The van der Waals surface area contributed by atoms with Crippen molar-refractivity contribution in [3.05, 3.63) is 12.2 Å². The normalized spacial score (nSPS) is 41.1. The Hall–Kier alpha value is -1.85. The molecule has 0 aliphatic heterocycles. The first-order valence-electron chi connectivity index (χ1n) is 11.2. The Morgan fingerprint density at radius 2 is 1.77 bits per heavy atom. The second-order valence-corrected chi connectivity index (χ2v) is 10.2. The van der Waals surface area contributed by atoms with Gasteiger partial charge in [0, 0.05) is 19.8 Å². The maximum atomic E-state index is 12.5. The predicted molar refractivity (Wildman–Crippen MR) is 111 cm³/mol. The number of allylic oxidation sites excluding steroid dienone is 1. The molecule has 3 aliphatic rings. The fourth-order valence-corrected chi connectivity index (χ4v) is 6.82. The number of carboxylic acid groups (broad SMARTS) is 1. The number of carbonyl (C=O) groups is 3. The van der Waals surface area contributed by atoms with E-state index in [0.717, 1.165) is 32.1 Å². The molecule has 0 radical (unpaired) electrons. The molecule has 0 aromatic heterocycles. The van der Waals surface area contributed by atoms with Crippen LogP contribution in [0.4, 0.5) is 0 Å². The first-order chi connectivity index (χ1) is 14.0. The molecule has 30 heavy (non-hydrogen) atoms. The van der Waals surface area contributed by atoms with Gasteiger partial charge in [0.25, 0.3) is 0 Å². The van der Waals surface area contributed by atoms with Gasteiger partial charge in [-0.3, -0.25) is 14.4 Å². The van der Waals surface area contributed by atoms with Crippen molar-refractivity contribution in [2.45, 2.75) is 78.7 Å². The number of carbonyl (C=O) groups excluding carboxylic acids is 2. The predicted octanol–water partition coefficient (Wildman–Crippen LogP) is 4.37. The molecule has 0 unspecified atom stereocenters. The Bertz CT molecular complexity index is 729. The molecule has 0 amide bonds. The van der Waals surface area contributed by atoms with Crippen LogP contribution >= 0.6 is 0 Å². The van der Waals surface area contributed by atoms with Crippen molar-refractivity contribution < 1.29 is 29.0 Å². The average Bonchev–Trinajstić information content (AvgIpc) is 2.95. The van der Waals surface area contributed by atoms with Crippen LogP contribution in [0.3, 0.4) is 0 Å². The topological polar surface area (TPSA) is 89.9 Å². The number of ether oxygens (including phenoxy) is 2. The monoisotopic (exact) mass is 420 g/mol. The average molecular weight is 421 g/mol. The van der Waals surface area contributed by atoms with Crippen LogP contribution < -0.4 is 0 Å². The molecule has 3 saturated carbocycles. The summed E-state index contributed by atoms with van der Waals surface area (Å²) in [4.78, 5) is 35.5. The number of rotatable bonds is 5. The third-order valence-electron chi connectivity index (χ3n) is 8.66. The van der Waals surface area contributed by atoms with Gasteiger partial charge < -0.3 is 14.6 Å². The second kappa shape index (κ2) is 8.35. The van der Waals surface area contributed by atoms with Gasteiger partial charge in [0.15, 0.2) is 0 Å². The molecule has 3 rings (SSSR count). The SMILES string of the molecule is C=C1CC[C@H]2[C@H](C(=O)O)[C@@H]([C@@]3(C)CC[C@H](OC(C)=O)C[C@@H]3COC(C)=O)CC[C@]12C. The van der Waals surface area contributed by atoms with E-state index in [1.54, 1.807) is 0 Å². The summed E-state index contributed by atoms with van der Waals surface area (Å²) in [6.45, 7) is 11.6. The smallest absolute Gasteiger partial charge is 0.307 e. The summed E-state index contributed by atoms with van der Waals surface area (Å²) in [5, 5.41) is 10.3. The van der Waals surface area contributed by atoms with Gasteiger partial charge in [0.1, 0.15) is 6.10 Å². The highest BCUT2D eigenvalue weighted by atomic mass is 16.5. The quantitative estimate of drug-likeness (QED) is 0.525. The van der Waals surface area contributed by atoms with Crippen LogP contribution in [-0.2, 0) is 23.9 Å². The van der Waals surface area contributed by atoms with Crippen molar-refractivity contribution >= 4 is 17.9 Å². The lowest BCUT2D eigenvalue weighted by Gasteiger charge is -2.55. The zero-order valence-corrected chi connectivity index (χ0v) is 18.7. The van der Waals surface area contributed by atoms with Gasteiger partial charge >= 0.3 is 17.9 Å². The summed E-state index contributed by atoms with van der Waals surface area (Å²) in [5.41, 5.74) is 0.800. The van der Waals surface area contributed by atoms with E-state index in [1.165, 1.54) is 19.4 Å². The van der Waals surface area contributed by atoms with Gasteiger partial charge in [-0.1, -0.05) is 26.0 Å². The molecule has 0 aromatic carbocycles. The highest BCUT2D eigenvalue weighted by Gasteiger charge is 2.59. The van der Waals surface area contributed by atoms with Crippen molar-refractivity contribution in [3.8, 4) is 0 Å². The van der Waals surface area contributed by atoms with Crippen LogP contribution in [0.15, 0.2) is 12.2 Å². The summed E-state index contributed by atoms with van der Waals surface area (Å²) in [6.07, 6.45) is 5.42. The van der Waals surface area contributed by atoms with Crippen LogP contribution in [0.1, 0.15) is 72.6 Å². The summed E-state index contributed by atoms with van der Waals surface area (Å²) < 4.78 is 10.9. The maximum absolute atomic E-state index is 12.5. The molecule has 0 saturated heterocycles. The molecule has 0 spiro atoms. The molecule has 3 fully saturated rings. The molecular weight excluding hydrogens is 384 g/mol. The minimum absolute atomic E-state index is 0.00203. The molecule has 6 nitrogen and oxygen atoms in total. The summed E-state index contributed by atoms with van der Waals surface area (Å²) >= 11 is 0. The van der Waals surface area contributed by atoms with E-state index in [9.17, 15) is 19.5 Å². The van der Waals surface area contributed by atoms with Crippen molar-refractivity contribution in [2.24, 2.45) is 34.5 Å². The van der Waals surface area contributed by atoms with E-state index in [-0.39, 0.29) is 53.2 Å². The minimum atomic E-state index is -0.722. The van der Waals surface area contributed by atoms with E-state index in [2.05, 4.69) is 20.4 Å². The maximum Gasteiger partial charge on any atom is 0.307 e. The Balaban J connectivity index is 1.91. The summed E-state index contributed by atoms with van der Waals surface area (Å²) in [7, 11) is 0. The lowest BCUT2D eigenvalue weighted by molar-refractivity contribution is -0.168. The Morgan fingerprint density at radius 3 is 2.37 bits per heavy atom. The fourth-order valence-electron chi connectivity index (χ4n) is 6.82. The molecule has 3 aliphatic carbocycles. The third kappa shape index (κ3) is 4.02. The lowest BCUT2D eigenvalue weighted by Crippen LogP contribution is -2.53. The molecule has 6 heteroatoms. The van der Waals surface area contributed by atoms with Crippen molar-refractivity contribution in [1.82, 2.24) is 0 Å². The van der Waals surface area contributed by atoms with Gasteiger partial charge in [-0.05, 0) is 67.6 Å². The number of hydrogen-bond acceptors (Lipinski definition) is 5. The summed E-state index contributed by atoms with van der Waals surface area (Å²) in [5.74, 6) is -1.75. The third-order valence-corrected chi connectivity index (χ3v) is 8.66. The van der Waals surface area contributed by atoms with Gasteiger partial charge in [-0.25, -0.2) is 0 Å². The fraction of sp³-hybridized carbons (Fsp3) is 0.792. The molecule has 0 aromatic rings. The highest BCUT2D eigenvalue weighted by molar-refractivity contribution is 5.72. The summed E-state index contributed by atoms with van der Waals surface area (Å²) in [6, 6.07) is 0. The van der Waals surface area contributed by atoms with Crippen LogP contribution in [0.25, 0.3) is 0 Å². The van der Waals surface area contributed by atoms with E-state index in [4.69, 9.17) is 9.47 Å². The zero-order valence-electron chi connectivity index (χ0n) is 18.7. The Labute approximate surface area is 179 Å². The number of hydrogen-bond donors (Lipinski definition) is 1. The van der Waals surface area contributed by atoms with E-state index in [0.29, 0.717) is 12.8 Å². The van der Waals surface area contributed by atoms with Crippen molar-refractivity contribution in [1.29, 1.82) is 0 Å².